The molecule has 6 saturated carbocycles. The average molecular weight is 2210 g/mol. The van der Waals surface area contributed by atoms with Crippen molar-refractivity contribution in [3.63, 3.8) is 0 Å². The average Bonchev–Trinajstić information content (AvgIpc) is 1.54. The molecule has 0 aromatic heterocycles. The summed E-state index contributed by atoms with van der Waals surface area (Å²) < 4.78 is 192. The van der Waals surface area contributed by atoms with Gasteiger partial charge in [0, 0.05) is 56.0 Å². The van der Waals surface area contributed by atoms with E-state index in [-0.39, 0.29) is 189 Å². The summed E-state index contributed by atoms with van der Waals surface area (Å²) in [4.78, 5) is 73.5. The molecular weight excluding hydrogens is 2070 g/mol. The lowest BCUT2D eigenvalue weighted by molar-refractivity contribution is -0.132. The maximum Gasteiger partial charge on any atom is 0.348 e. The van der Waals surface area contributed by atoms with Crippen molar-refractivity contribution in [1.82, 2.24) is 19.6 Å². The molecule has 149 heavy (non-hydrogen) atoms. The first kappa shape index (κ1) is 111. The third kappa shape index (κ3) is 22.4. The van der Waals surface area contributed by atoms with E-state index in [0.717, 1.165) is 120 Å². The van der Waals surface area contributed by atoms with Crippen molar-refractivity contribution in [2.75, 3.05) is 112 Å². The Bertz CT molecular complexity index is 7310. The van der Waals surface area contributed by atoms with E-state index < -0.39 is 98.7 Å². The number of nitrogens with one attached hydrogen (secondary N) is 8. The van der Waals surface area contributed by atoms with Gasteiger partial charge in [-0.1, -0.05) is 113 Å². The molecule has 14 atom stereocenters. The summed E-state index contributed by atoms with van der Waals surface area (Å²) in [6.45, 7) is 30.7. The Morgan fingerprint density at radius 2 is 0.685 bits per heavy atom. The number of sulfonamides is 4. The molecular formula is C101H138N16O24P4S4. The highest BCUT2D eigenvalue weighted by atomic mass is 32.2. The van der Waals surface area contributed by atoms with Crippen LogP contribution in [0.1, 0.15) is 211 Å². The van der Waals surface area contributed by atoms with Crippen molar-refractivity contribution >= 4 is 184 Å². The second-order valence-corrected chi connectivity index (χ2v) is 61.0. The van der Waals surface area contributed by atoms with E-state index in [1.54, 1.807) is 35.8 Å². The topological polar surface area (TPSA) is 561 Å². The van der Waals surface area contributed by atoms with Gasteiger partial charge in [-0.3, -0.25) is 56.3 Å². The summed E-state index contributed by atoms with van der Waals surface area (Å²) >= 11 is 0. The Balaban J connectivity index is 0.000000142. The molecule has 13 N–H and O–H groups in total. The lowest BCUT2D eigenvalue weighted by Gasteiger charge is -2.43. The molecule has 0 saturated heterocycles. The summed E-state index contributed by atoms with van der Waals surface area (Å²) in [5.74, 6) is 0.0442. The lowest BCUT2D eigenvalue weighted by Crippen LogP contribution is -2.53. The van der Waals surface area contributed by atoms with Crippen LogP contribution in [0.4, 0.5) is 45.5 Å². The Labute approximate surface area is 871 Å². The zero-order valence-corrected chi connectivity index (χ0v) is 94.2. The maximum absolute atomic E-state index is 14.1. The highest BCUT2D eigenvalue weighted by Gasteiger charge is 2.67. The van der Waals surface area contributed by atoms with Gasteiger partial charge in [0.1, 0.15) is 68.0 Å². The van der Waals surface area contributed by atoms with Crippen molar-refractivity contribution in [1.29, 1.82) is 0 Å². The van der Waals surface area contributed by atoms with Crippen LogP contribution in [0.2, 0.25) is 0 Å². The van der Waals surface area contributed by atoms with Gasteiger partial charge in [-0.2, -0.15) is 19.1 Å². The molecule has 6 fully saturated rings. The number of aliphatic hydroxyl groups excluding tert-OH is 4. The minimum atomic E-state index is -4.37. The molecule has 6 aliphatic carbocycles. The third-order valence-electron chi connectivity index (χ3n) is 30.2. The fourth-order valence-electron chi connectivity index (χ4n) is 23.6. The standard InChI is InChI=1S/C26H37N4O6PS.C26H33N4O6PS.C25H35N4O6PS.C24H33N4O6PS/c1-6-36-37(33)20-14-18(29-38(5,34)35)9-10-19(20)27-23(28-37)21-22(31)26(15-16-7-8-17(26)13-16)30(24(21)32)12-11-25(2,3)4;1-6-36-37(33)20-16-18(29-38(5,34)35)12-13-19(20)27-24(28-37)21-23(31)22(17-10-8-7-9-11-17)30(25(21)32)15-14-26(2,3)4;1-24(2,3)10-11-29-23(31)20(21(30)25(29)14-15-6-7-16(25)12-15)22-26-18-9-8-17(28-37(5,33)34)13-19(18)36(32,27-22)35-4;1-23(2,3)9-10-28-22(30)19(20(29)24(28)13-14-5-6-15(24)11-14)21-25-17-8-7-16(27-36(4,33)34)12-18(17)35(31,32)26-21/h9-10,14,16-17,29,31H,6-8,11-13,15H2,1-5H3,(H,27,28,33);7-13,16,22,29,31H,6,14-15H2,1-5H3,(H,27,28,33);8-9,13,15-16,28,30H,6-7,10-12,14H2,1-5H3,(H,26,27,32);7-8,12,14-15,27,29H,5-6,9-11,13H2,1-4H3,(H2,25,26,31,32). The van der Waals surface area contributed by atoms with Crippen LogP contribution >= 0.6 is 30.1 Å². The molecule has 48 heteroatoms. The van der Waals surface area contributed by atoms with Gasteiger partial charge in [0.25, 0.3) is 23.6 Å². The van der Waals surface area contributed by atoms with E-state index in [9.17, 15) is 96.4 Å². The van der Waals surface area contributed by atoms with Gasteiger partial charge in [0.2, 0.25) is 40.1 Å². The normalized spacial score (nSPS) is 28.7. The number of amidine groups is 4. The molecule has 19 rings (SSSR count). The summed E-state index contributed by atoms with van der Waals surface area (Å²) in [5, 5.41) is 59.2. The third-order valence-corrected chi connectivity index (χ3v) is 40.1. The zero-order valence-electron chi connectivity index (χ0n) is 87.4. The van der Waals surface area contributed by atoms with Crippen LogP contribution in [0.25, 0.3) is 0 Å². The van der Waals surface area contributed by atoms with Crippen LogP contribution in [0, 0.1) is 57.2 Å². The first-order valence-corrected chi connectivity index (χ1v) is 64.1. The van der Waals surface area contributed by atoms with Crippen molar-refractivity contribution in [2.24, 2.45) is 76.2 Å². The van der Waals surface area contributed by atoms with E-state index in [1.807, 2.05) is 40.1 Å². The Morgan fingerprint density at radius 1 is 0.396 bits per heavy atom. The molecule has 14 unspecified atom stereocenters. The fraction of sp³-hybridized carbons (Fsp3) is 0.545. The summed E-state index contributed by atoms with van der Waals surface area (Å²) in [7, 11) is -29.1. The quantitative estimate of drug-likeness (QED) is 0.0229. The van der Waals surface area contributed by atoms with Crippen LogP contribution in [-0.2, 0) is 91.1 Å². The monoisotopic (exact) mass is 2210 g/mol. The van der Waals surface area contributed by atoms with Gasteiger partial charge < -0.3 is 79.8 Å². The molecule has 0 radical (unpaired) electrons. The number of amides is 4. The minimum Gasteiger partial charge on any atom is -0.509 e. The largest absolute Gasteiger partial charge is 0.509 e. The first-order valence-electron chi connectivity index (χ1n) is 50.2. The molecule has 8 heterocycles. The number of nitrogens with zero attached hydrogens (tertiary/aromatic N) is 8. The number of hydrogen-bond donors (Lipinski definition) is 13. The number of rotatable bonds is 26. The molecule has 5 aromatic rings. The molecule has 4 amide bonds. The smallest absolute Gasteiger partial charge is 0.348 e. The van der Waals surface area contributed by atoms with Crippen LogP contribution in [-0.4, -0.2) is 214 Å². The molecule has 810 valence electrons. The predicted molar refractivity (Wildman–Crippen MR) is 581 cm³/mol. The van der Waals surface area contributed by atoms with Crippen molar-refractivity contribution in [3.05, 3.63) is 154 Å². The molecule has 5 aromatic carbocycles. The zero-order chi connectivity index (χ0) is 109. The number of carbonyl (C=O) groups excluding carboxylic acids is 4. The Morgan fingerprint density at radius 3 is 0.973 bits per heavy atom. The molecule has 40 nitrogen and oxygen atoms in total. The minimum absolute atomic E-state index is 0.000470. The van der Waals surface area contributed by atoms with Gasteiger partial charge in [-0.25, -0.2) is 33.7 Å². The molecule has 14 aliphatic rings. The number of fused-ring (bicyclic) bond motifs is 13. The van der Waals surface area contributed by atoms with Crippen LogP contribution < -0.4 is 61.4 Å². The van der Waals surface area contributed by atoms with Crippen LogP contribution in [0.3, 0.4) is 0 Å². The van der Waals surface area contributed by atoms with E-state index >= 15 is 0 Å². The number of hydrogen-bond acceptors (Lipinski definition) is 27. The highest BCUT2D eigenvalue weighted by molar-refractivity contribution is 7.92. The van der Waals surface area contributed by atoms with Gasteiger partial charge in [0.05, 0.1) is 82.2 Å². The van der Waals surface area contributed by atoms with Crippen molar-refractivity contribution in [2.45, 2.75) is 222 Å². The van der Waals surface area contributed by atoms with Gasteiger partial charge >= 0.3 is 30.1 Å². The number of anilines is 8. The molecule has 3 spiro atoms. The summed E-state index contributed by atoms with van der Waals surface area (Å²) in [6, 6.07) is 26.1. The maximum atomic E-state index is 14.1. The van der Waals surface area contributed by atoms with E-state index in [4.69, 9.17) is 13.6 Å². The van der Waals surface area contributed by atoms with E-state index in [0.29, 0.717) is 73.8 Å². The highest BCUT2D eigenvalue weighted by Crippen LogP contribution is 2.65. The molecule has 6 bridgehead atoms. The van der Waals surface area contributed by atoms with Gasteiger partial charge in [-0.15, -0.1) is 0 Å². The summed E-state index contributed by atoms with van der Waals surface area (Å²) in [6.07, 6.45) is 18.2. The Hall–Kier alpha value is -10.2. The second-order valence-electron chi connectivity index (χ2n) is 46.2. The fourth-order valence-corrected chi connectivity index (χ4v) is 32.2. The number of benzene rings is 5. The van der Waals surface area contributed by atoms with Gasteiger partial charge in [0.15, 0.2) is 23.3 Å². The predicted octanol–water partition coefficient (Wildman–Crippen LogP) is 16.3. The molecule has 8 aliphatic heterocycles. The van der Waals surface area contributed by atoms with Crippen LogP contribution in [0.15, 0.2) is 168 Å². The van der Waals surface area contributed by atoms with E-state index in [1.165, 1.54) is 67.8 Å². The SMILES string of the molecule is CC(C)(C)CCN1C(=O)C(C2=NP(=O)(O)c3cc(NS(C)(=O)=O)ccc3N2)=C(O)C12CC1CCC2C1.CCOP1(=O)N=C(C2=C(O)C(c3ccccc3)N(CCC(C)(C)C)C2=O)Nc2ccc(NS(C)(=O)=O)cc21.CCOP1(=O)N=C(C2=C(O)C3(CC4CCC3C4)N(CCC(C)(C)C)C2=O)Nc2ccc(NS(C)(=O)=O)cc21.COP1(=O)N=C(C2=C(O)C3(CC4CCC3C4)N(CCC(C)(C)C)C2=O)Nc2ccc(NS(C)(=O)=O)cc21. The van der Waals surface area contributed by atoms with Crippen molar-refractivity contribution in [3.8, 4) is 0 Å². The van der Waals surface area contributed by atoms with Crippen LogP contribution in [0.5, 0.6) is 0 Å². The Kier molecular flexibility index (Phi) is 29.9. The second kappa shape index (κ2) is 40.0. The van der Waals surface area contributed by atoms with E-state index in [2.05, 4.69) is 142 Å². The summed E-state index contributed by atoms with van der Waals surface area (Å²) in [5.41, 5.74) is 0.408. The van der Waals surface area contributed by atoms with Gasteiger partial charge in [-0.05, 0) is 252 Å². The number of aliphatic hydroxyl groups is 4. The lowest BCUT2D eigenvalue weighted by atomic mass is 9.78. The number of carbonyl (C=O) groups is 4. The first-order chi connectivity index (χ1) is 69.2. The van der Waals surface area contributed by atoms with Crippen molar-refractivity contribution < 1.29 is 110 Å².